The van der Waals surface area contributed by atoms with Crippen molar-refractivity contribution in [2.24, 2.45) is 0 Å². The first-order chi connectivity index (χ1) is 35.0. The molecular formula is C63H41BN4O2S. The first-order valence-electron chi connectivity index (χ1n) is 23.9. The Morgan fingerprint density at radius 2 is 0.915 bits per heavy atom. The maximum absolute atomic E-state index is 9.39. The number of ether oxygens (including phenoxy) is 2. The van der Waals surface area contributed by atoms with Gasteiger partial charge in [0.2, 0.25) is 0 Å². The molecule has 0 bridgehead atoms. The standard InChI is InChI=1S/C63H41BN4O2S/c1-39-47-18-6-11-23-52(47)67(43-30-34-46(35-31-43)71-45-32-28-41(38-65)29-33-45)62(39)60-49-20-8-13-25-54(49)68(42-16-4-3-5-17-42)63(60)59-40(2)66(53-24-12-7-19-48(53)59)44-36-57-61-58(37-44)70-56-27-15-10-22-51(56)64(61)50-21-9-14-26-55(50)69-57/h3-37H,1-2H3. The number of aryl methyl sites for hydroxylation is 1. The van der Waals surface area contributed by atoms with Crippen LogP contribution in [0.1, 0.15) is 16.8 Å². The molecule has 0 spiro atoms. The number of rotatable bonds is 7. The zero-order valence-corrected chi connectivity index (χ0v) is 39.6. The third kappa shape index (κ3) is 6.30. The highest BCUT2D eigenvalue weighted by atomic mass is 32.2. The molecule has 0 N–H and O–H groups in total. The summed E-state index contributed by atoms with van der Waals surface area (Å²) in [6.07, 6.45) is 0. The number of hydrogen-bond acceptors (Lipinski definition) is 4. The minimum Gasteiger partial charge on any atom is -0.458 e. The molecule has 0 amide bonds. The van der Waals surface area contributed by atoms with Gasteiger partial charge in [-0.15, -0.1) is 0 Å². The van der Waals surface area contributed by atoms with Gasteiger partial charge in [-0.2, -0.15) is 5.26 Å². The topological polar surface area (TPSA) is 57.0 Å². The van der Waals surface area contributed by atoms with Crippen molar-refractivity contribution in [3.8, 4) is 68.6 Å². The Labute approximate surface area is 415 Å². The van der Waals surface area contributed by atoms with Gasteiger partial charge in [0.15, 0.2) is 0 Å². The second-order valence-electron chi connectivity index (χ2n) is 18.4. The summed E-state index contributed by atoms with van der Waals surface area (Å²) in [7, 11) is 0. The highest BCUT2D eigenvalue weighted by Crippen LogP contribution is 2.51. The van der Waals surface area contributed by atoms with Crippen molar-refractivity contribution < 1.29 is 9.47 Å². The lowest BCUT2D eigenvalue weighted by Gasteiger charge is -2.33. The van der Waals surface area contributed by atoms with Gasteiger partial charge in [-0.1, -0.05) is 121 Å². The zero-order valence-electron chi connectivity index (χ0n) is 38.8. The van der Waals surface area contributed by atoms with Gasteiger partial charge in [0, 0.05) is 71.7 Å². The van der Waals surface area contributed by atoms with Gasteiger partial charge in [0.25, 0.3) is 6.71 Å². The van der Waals surface area contributed by atoms with Crippen molar-refractivity contribution in [1.29, 1.82) is 5.26 Å². The predicted octanol–water partition coefficient (Wildman–Crippen LogP) is 14.2. The Morgan fingerprint density at radius 1 is 0.437 bits per heavy atom. The van der Waals surface area contributed by atoms with Crippen LogP contribution in [-0.4, -0.2) is 20.4 Å². The van der Waals surface area contributed by atoms with Crippen LogP contribution in [0.15, 0.2) is 222 Å². The van der Waals surface area contributed by atoms with Gasteiger partial charge in [-0.3, -0.25) is 0 Å². The molecule has 0 unspecified atom stereocenters. The van der Waals surface area contributed by atoms with Crippen LogP contribution >= 0.6 is 11.8 Å². The van der Waals surface area contributed by atoms with Crippen molar-refractivity contribution >= 4 is 67.6 Å². The smallest absolute Gasteiger partial charge is 0.260 e. The maximum atomic E-state index is 9.39. The molecule has 0 atom stereocenters. The second-order valence-corrected chi connectivity index (χ2v) is 19.5. The molecule has 9 aromatic carbocycles. The molecule has 0 fully saturated rings. The van der Waals surface area contributed by atoms with Crippen molar-refractivity contribution in [3.05, 3.63) is 229 Å². The number of benzene rings is 9. The fourth-order valence-electron chi connectivity index (χ4n) is 11.4. The van der Waals surface area contributed by atoms with Crippen LogP contribution in [0.25, 0.3) is 72.3 Å². The zero-order chi connectivity index (χ0) is 47.3. The van der Waals surface area contributed by atoms with Crippen LogP contribution in [0.4, 0.5) is 0 Å². The Bertz CT molecular complexity index is 4110. The van der Waals surface area contributed by atoms with Gasteiger partial charge in [0.1, 0.15) is 23.0 Å². The number of para-hydroxylation sites is 6. The summed E-state index contributed by atoms with van der Waals surface area (Å²) in [5, 5.41) is 12.9. The first kappa shape index (κ1) is 41.1. The van der Waals surface area contributed by atoms with E-state index in [2.05, 4.69) is 210 Å². The number of nitriles is 1. The van der Waals surface area contributed by atoms with Gasteiger partial charge in [-0.25, -0.2) is 0 Å². The van der Waals surface area contributed by atoms with Gasteiger partial charge in [0.05, 0.1) is 45.3 Å². The van der Waals surface area contributed by atoms with E-state index in [0.29, 0.717) is 5.56 Å². The van der Waals surface area contributed by atoms with E-state index in [9.17, 15) is 5.26 Å². The molecule has 0 aliphatic carbocycles. The van der Waals surface area contributed by atoms with E-state index < -0.39 is 0 Å². The summed E-state index contributed by atoms with van der Waals surface area (Å²) < 4.78 is 21.1. The van der Waals surface area contributed by atoms with Gasteiger partial charge < -0.3 is 23.2 Å². The predicted molar refractivity (Wildman–Crippen MR) is 290 cm³/mol. The molecular weight excluding hydrogens is 888 g/mol. The van der Waals surface area contributed by atoms with E-state index in [1.165, 1.54) is 10.9 Å². The summed E-state index contributed by atoms with van der Waals surface area (Å²) in [6, 6.07) is 77.3. The lowest BCUT2D eigenvalue weighted by Crippen LogP contribution is -2.57. The molecule has 14 rings (SSSR count). The monoisotopic (exact) mass is 928 g/mol. The lowest BCUT2D eigenvalue weighted by atomic mass is 9.35. The number of nitrogens with zero attached hydrogens (tertiary/aromatic N) is 4. The van der Waals surface area contributed by atoms with E-state index in [4.69, 9.17) is 9.47 Å². The normalized spacial score (nSPS) is 12.3. The maximum Gasteiger partial charge on any atom is 0.260 e. The van der Waals surface area contributed by atoms with Crippen LogP contribution in [-0.2, 0) is 0 Å². The molecule has 2 aliphatic heterocycles. The molecule has 0 saturated heterocycles. The van der Waals surface area contributed by atoms with Crippen molar-refractivity contribution in [1.82, 2.24) is 13.7 Å². The second kappa shape index (κ2) is 16.1. The quantitative estimate of drug-likeness (QED) is 0.149. The molecule has 8 heteroatoms. The van der Waals surface area contributed by atoms with Crippen molar-refractivity contribution in [3.63, 3.8) is 0 Å². The van der Waals surface area contributed by atoms with E-state index in [-0.39, 0.29) is 6.71 Å². The fraction of sp³-hybridized carbons (Fsp3) is 0.0317. The van der Waals surface area contributed by atoms with E-state index >= 15 is 0 Å². The summed E-state index contributed by atoms with van der Waals surface area (Å²) in [4.78, 5) is 2.20. The lowest BCUT2D eigenvalue weighted by molar-refractivity contribution is 0.464. The van der Waals surface area contributed by atoms with Crippen LogP contribution in [0.5, 0.6) is 23.0 Å². The number of hydrogen-bond donors (Lipinski definition) is 0. The fourth-order valence-corrected chi connectivity index (χ4v) is 12.3. The van der Waals surface area contributed by atoms with Gasteiger partial charge in [-0.05, 0) is 121 Å². The van der Waals surface area contributed by atoms with Crippen molar-refractivity contribution in [2.45, 2.75) is 23.6 Å². The van der Waals surface area contributed by atoms with Crippen LogP contribution in [0.2, 0.25) is 0 Å². The first-order valence-corrected chi connectivity index (χ1v) is 24.7. The average molecular weight is 929 g/mol. The summed E-state index contributed by atoms with van der Waals surface area (Å²) in [5.74, 6) is 3.33. The van der Waals surface area contributed by atoms with E-state index in [1.807, 2.05) is 36.4 Å². The Balaban J connectivity index is 1.03. The summed E-state index contributed by atoms with van der Waals surface area (Å²) >= 11 is 1.69. The average Bonchev–Trinajstić information content (AvgIpc) is 4.02. The Morgan fingerprint density at radius 3 is 1.54 bits per heavy atom. The minimum atomic E-state index is -0.0151. The molecule has 334 valence electrons. The third-order valence-corrected chi connectivity index (χ3v) is 15.5. The summed E-state index contributed by atoms with van der Waals surface area (Å²) in [6.45, 7) is 4.53. The van der Waals surface area contributed by atoms with Crippen LogP contribution in [0, 0.1) is 25.2 Å². The van der Waals surface area contributed by atoms with Gasteiger partial charge >= 0.3 is 0 Å². The highest BCUT2D eigenvalue weighted by molar-refractivity contribution is 7.99. The minimum absolute atomic E-state index is 0.0151. The molecule has 0 saturated carbocycles. The largest absolute Gasteiger partial charge is 0.458 e. The molecule has 12 aromatic rings. The van der Waals surface area contributed by atoms with Crippen molar-refractivity contribution in [2.75, 3.05) is 0 Å². The molecule has 71 heavy (non-hydrogen) atoms. The van der Waals surface area contributed by atoms with Crippen LogP contribution in [0.3, 0.4) is 0 Å². The van der Waals surface area contributed by atoms with E-state index in [0.717, 1.165) is 122 Å². The molecule has 0 radical (unpaired) electrons. The van der Waals surface area contributed by atoms with Crippen LogP contribution < -0.4 is 25.9 Å². The molecule has 5 heterocycles. The number of fused-ring (bicyclic) bond motifs is 7. The summed E-state index contributed by atoms with van der Waals surface area (Å²) in [5.41, 5.74) is 17.3. The number of aromatic nitrogens is 3. The SMILES string of the molecule is Cc1c(-c2c(-c3c(C)n(-c4cc5c6c(c4)Oc4ccccc4B6c4ccccc4O5)c4ccccc34)n(-c3ccccc3)c3ccccc23)n(-c2ccc(Sc3ccc(C#N)cc3)cc2)c2ccccc12. The highest BCUT2D eigenvalue weighted by Gasteiger charge is 2.41. The molecule has 2 aliphatic rings. The Kier molecular flexibility index (Phi) is 9.32. The molecule has 3 aromatic heterocycles. The molecule has 6 nitrogen and oxygen atoms in total. The third-order valence-electron chi connectivity index (χ3n) is 14.5. The Hall–Kier alpha value is -8.90. The van der Waals surface area contributed by atoms with E-state index in [1.54, 1.807) is 11.8 Å².